The van der Waals surface area contributed by atoms with Crippen molar-refractivity contribution in [3.8, 4) is 0 Å². The molecule has 0 unspecified atom stereocenters. The molecule has 0 aromatic heterocycles. The maximum absolute atomic E-state index is 6.86. The predicted molar refractivity (Wildman–Crippen MR) is 69.9 cm³/mol. The van der Waals surface area contributed by atoms with Crippen LogP contribution in [0, 0.1) is 12.0 Å². The van der Waals surface area contributed by atoms with Crippen molar-refractivity contribution in [1.82, 2.24) is 0 Å². The van der Waals surface area contributed by atoms with E-state index in [0.29, 0.717) is 11.1 Å². The van der Waals surface area contributed by atoms with Crippen LogP contribution in [0.5, 0.6) is 0 Å². The van der Waals surface area contributed by atoms with Gasteiger partial charge >= 0.3 is 0 Å². The van der Waals surface area contributed by atoms with Crippen molar-refractivity contribution in [2.24, 2.45) is 5.41 Å². The summed E-state index contributed by atoms with van der Waals surface area (Å²) < 4.78 is 0. The fourth-order valence-corrected chi connectivity index (χ4v) is 1.51. The summed E-state index contributed by atoms with van der Waals surface area (Å²) in [7, 11) is 0. The second-order valence-electron chi connectivity index (χ2n) is 5.25. The second kappa shape index (κ2) is 5.55. The Morgan fingerprint density at radius 3 is 2.31 bits per heavy atom. The molecule has 0 amide bonds. The van der Waals surface area contributed by atoms with Crippen LogP contribution in [0.25, 0.3) is 4.85 Å². The lowest BCUT2D eigenvalue weighted by molar-refractivity contribution is 0.370. The van der Waals surface area contributed by atoms with Gasteiger partial charge in [0.1, 0.15) is 0 Å². The van der Waals surface area contributed by atoms with Gasteiger partial charge in [-0.2, -0.15) is 0 Å². The lowest BCUT2D eigenvalue weighted by atomic mass is 9.91. The first-order chi connectivity index (χ1) is 7.51. The van der Waals surface area contributed by atoms with E-state index in [9.17, 15) is 0 Å². The van der Waals surface area contributed by atoms with E-state index in [1.165, 1.54) is 12.8 Å². The van der Waals surface area contributed by atoms with Crippen LogP contribution in [0.1, 0.15) is 33.6 Å². The summed E-state index contributed by atoms with van der Waals surface area (Å²) in [5.41, 5.74) is 2.21. The number of hydrogen-bond donors (Lipinski definition) is 1. The van der Waals surface area contributed by atoms with E-state index in [-0.39, 0.29) is 0 Å². The van der Waals surface area contributed by atoms with Gasteiger partial charge in [-0.1, -0.05) is 32.9 Å². The molecule has 1 N–H and O–H groups in total. The molecule has 86 valence electrons. The Balaban J connectivity index is 2.30. The molecule has 1 aromatic carbocycles. The molecule has 1 aromatic rings. The predicted octanol–water partition coefficient (Wildman–Crippen LogP) is 4.48. The minimum Gasteiger partial charge on any atom is -0.385 e. The number of anilines is 1. The summed E-state index contributed by atoms with van der Waals surface area (Å²) in [5, 5.41) is 3.37. The third-order valence-electron chi connectivity index (χ3n) is 2.43. The quantitative estimate of drug-likeness (QED) is 0.580. The molecule has 0 bridgehead atoms. The monoisotopic (exact) mass is 216 g/mol. The Labute approximate surface area is 98.5 Å². The normalized spacial score (nSPS) is 10.9. The van der Waals surface area contributed by atoms with Crippen molar-refractivity contribution in [3.63, 3.8) is 0 Å². The van der Waals surface area contributed by atoms with E-state index in [2.05, 4.69) is 30.9 Å². The molecule has 0 aliphatic rings. The van der Waals surface area contributed by atoms with Crippen molar-refractivity contribution >= 4 is 11.4 Å². The molecule has 0 aliphatic heterocycles. The van der Waals surface area contributed by atoms with E-state index in [1.807, 2.05) is 24.3 Å². The van der Waals surface area contributed by atoms with Gasteiger partial charge in [-0.15, -0.1) is 0 Å². The van der Waals surface area contributed by atoms with Crippen molar-refractivity contribution in [2.45, 2.75) is 33.6 Å². The first-order valence-corrected chi connectivity index (χ1v) is 5.73. The first kappa shape index (κ1) is 12.6. The minimum atomic E-state index is 0.412. The molecule has 16 heavy (non-hydrogen) atoms. The summed E-state index contributed by atoms with van der Waals surface area (Å²) in [6.07, 6.45) is 2.40. The van der Waals surface area contributed by atoms with Crippen LogP contribution in [0.4, 0.5) is 11.4 Å². The molecule has 0 heterocycles. The van der Waals surface area contributed by atoms with Gasteiger partial charge in [0.2, 0.25) is 0 Å². The van der Waals surface area contributed by atoms with Gasteiger partial charge in [0.05, 0.1) is 6.57 Å². The molecule has 0 saturated heterocycles. The molecule has 0 fully saturated rings. The van der Waals surface area contributed by atoms with Crippen molar-refractivity contribution in [1.29, 1.82) is 0 Å². The summed E-state index contributed by atoms with van der Waals surface area (Å²) in [6.45, 7) is 14.6. The van der Waals surface area contributed by atoms with Crippen LogP contribution in [0.3, 0.4) is 0 Å². The second-order valence-corrected chi connectivity index (χ2v) is 5.25. The number of nitrogens with zero attached hydrogens (tertiary/aromatic N) is 1. The van der Waals surface area contributed by atoms with Gasteiger partial charge in [0.15, 0.2) is 5.69 Å². The van der Waals surface area contributed by atoms with E-state index in [0.717, 1.165) is 12.2 Å². The van der Waals surface area contributed by atoms with Gasteiger partial charge < -0.3 is 5.32 Å². The average molecular weight is 216 g/mol. The third-order valence-corrected chi connectivity index (χ3v) is 2.43. The maximum atomic E-state index is 6.86. The number of hydrogen-bond acceptors (Lipinski definition) is 1. The average Bonchev–Trinajstić information content (AvgIpc) is 2.24. The minimum absolute atomic E-state index is 0.412. The molecule has 2 heteroatoms. The maximum Gasteiger partial charge on any atom is 0.187 e. The molecule has 0 atom stereocenters. The Morgan fingerprint density at radius 2 is 1.81 bits per heavy atom. The van der Waals surface area contributed by atoms with Crippen molar-refractivity contribution < 1.29 is 0 Å². The fraction of sp³-hybridized carbons (Fsp3) is 0.500. The zero-order chi connectivity index (χ0) is 12.0. The highest BCUT2D eigenvalue weighted by Crippen LogP contribution is 2.21. The summed E-state index contributed by atoms with van der Waals surface area (Å²) in [5.74, 6) is 0. The summed E-state index contributed by atoms with van der Waals surface area (Å²) >= 11 is 0. The van der Waals surface area contributed by atoms with Crippen LogP contribution in [-0.2, 0) is 0 Å². The SMILES string of the molecule is [C-]#[N+]c1ccc(NCCCC(C)(C)C)cc1. The van der Waals surface area contributed by atoms with Gasteiger partial charge in [-0.25, -0.2) is 4.85 Å². The number of rotatable bonds is 4. The van der Waals surface area contributed by atoms with Crippen molar-refractivity contribution in [2.75, 3.05) is 11.9 Å². The largest absolute Gasteiger partial charge is 0.385 e. The van der Waals surface area contributed by atoms with E-state index < -0.39 is 0 Å². The molecule has 0 saturated carbocycles. The van der Waals surface area contributed by atoms with Crippen LogP contribution in [0.2, 0.25) is 0 Å². The zero-order valence-electron chi connectivity index (χ0n) is 10.4. The Morgan fingerprint density at radius 1 is 1.19 bits per heavy atom. The molecule has 0 spiro atoms. The molecule has 0 aliphatic carbocycles. The topological polar surface area (TPSA) is 16.4 Å². The zero-order valence-corrected chi connectivity index (χ0v) is 10.4. The summed E-state index contributed by atoms with van der Waals surface area (Å²) in [6, 6.07) is 7.62. The highest BCUT2D eigenvalue weighted by Gasteiger charge is 2.08. The van der Waals surface area contributed by atoms with Gasteiger partial charge in [-0.05, 0) is 30.4 Å². The van der Waals surface area contributed by atoms with Gasteiger partial charge in [-0.3, -0.25) is 0 Å². The van der Waals surface area contributed by atoms with Crippen LogP contribution >= 0.6 is 0 Å². The molecular formula is C14H20N2. The molecular weight excluding hydrogens is 196 g/mol. The Kier molecular flexibility index (Phi) is 4.37. The number of benzene rings is 1. The van der Waals surface area contributed by atoms with E-state index in [1.54, 1.807) is 0 Å². The number of nitrogens with one attached hydrogen (secondary N) is 1. The van der Waals surface area contributed by atoms with Crippen LogP contribution in [0.15, 0.2) is 24.3 Å². The molecule has 0 radical (unpaired) electrons. The Bertz CT molecular complexity index is 352. The van der Waals surface area contributed by atoms with E-state index in [4.69, 9.17) is 6.57 Å². The van der Waals surface area contributed by atoms with Crippen LogP contribution in [-0.4, -0.2) is 6.54 Å². The van der Waals surface area contributed by atoms with Gasteiger partial charge in [0, 0.05) is 12.2 Å². The smallest absolute Gasteiger partial charge is 0.187 e. The third kappa shape index (κ3) is 4.84. The summed E-state index contributed by atoms with van der Waals surface area (Å²) in [4.78, 5) is 3.36. The van der Waals surface area contributed by atoms with Crippen molar-refractivity contribution in [3.05, 3.63) is 35.7 Å². The van der Waals surface area contributed by atoms with Crippen LogP contribution < -0.4 is 5.32 Å². The van der Waals surface area contributed by atoms with Gasteiger partial charge in [0.25, 0.3) is 0 Å². The first-order valence-electron chi connectivity index (χ1n) is 5.73. The molecule has 2 nitrogen and oxygen atoms in total. The standard InChI is InChI=1S/C14H20N2/c1-14(2,3)10-5-11-16-13-8-6-12(15-4)7-9-13/h6-9,16H,5,10-11H2,1-3H3. The van der Waals surface area contributed by atoms with E-state index >= 15 is 0 Å². The highest BCUT2D eigenvalue weighted by atomic mass is 14.9. The highest BCUT2D eigenvalue weighted by molar-refractivity contribution is 5.53. The molecule has 1 rings (SSSR count). The fourth-order valence-electron chi connectivity index (χ4n) is 1.51. The lowest BCUT2D eigenvalue weighted by Gasteiger charge is -2.18. The Hall–Kier alpha value is -1.49. The lowest BCUT2D eigenvalue weighted by Crippen LogP contribution is -2.09.